The van der Waals surface area contributed by atoms with Gasteiger partial charge in [0.05, 0.1) is 11.5 Å². The van der Waals surface area contributed by atoms with E-state index in [1.54, 1.807) is 30.3 Å². The van der Waals surface area contributed by atoms with Crippen LogP contribution in [0.1, 0.15) is 50.2 Å². The van der Waals surface area contributed by atoms with Gasteiger partial charge >= 0.3 is 12.1 Å². The number of hydrogen-bond acceptors (Lipinski definition) is 4. The number of nitrogens with one attached hydrogen (secondary N) is 1. The molecule has 2 aromatic carbocycles. The molecule has 3 N–H and O–H groups in total. The van der Waals surface area contributed by atoms with E-state index in [1.165, 1.54) is 12.1 Å². The number of rotatable bonds is 10. The number of cyclic esters (lactones) is 1. The number of esters is 1. The lowest BCUT2D eigenvalue weighted by Gasteiger charge is -2.32. The average Bonchev–Trinajstić information content (AvgIpc) is 2.77. The van der Waals surface area contributed by atoms with Gasteiger partial charge < -0.3 is 14.9 Å². The van der Waals surface area contributed by atoms with Crippen LogP contribution in [0.5, 0.6) is 0 Å². The number of aliphatic hydroxyl groups excluding tert-OH is 1. The van der Waals surface area contributed by atoms with E-state index in [9.17, 15) is 19.1 Å². The maximum absolute atomic E-state index is 13.2. The second-order valence-corrected chi connectivity index (χ2v) is 8.35. The highest BCUT2D eigenvalue weighted by Crippen LogP contribution is 2.34. The molecule has 6 nitrogen and oxygen atoms in total. The maximum Gasteiger partial charge on any atom is 0.409 e. The molecule has 0 aromatic heterocycles. The van der Waals surface area contributed by atoms with E-state index in [4.69, 9.17) is 9.84 Å². The van der Waals surface area contributed by atoms with E-state index in [0.29, 0.717) is 49.8 Å². The number of benzene rings is 2. The predicted molar refractivity (Wildman–Crippen MR) is 124 cm³/mol. The molecule has 0 bridgehead atoms. The molecule has 33 heavy (non-hydrogen) atoms. The van der Waals surface area contributed by atoms with Gasteiger partial charge in [-0.2, -0.15) is 0 Å². The molecule has 2 unspecified atom stereocenters. The molecule has 1 heterocycles. The van der Waals surface area contributed by atoms with Crippen molar-refractivity contribution >= 4 is 17.7 Å². The number of ether oxygens (including phenoxy) is 1. The van der Waals surface area contributed by atoms with Crippen molar-refractivity contribution in [1.82, 2.24) is 0 Å². The molecule has 0 fully saturated rings. The number of halogens is 1. The van der Waals surface area contributed by atoms with Crippen molar-refractivity contribution < 1.29 is 28.9 Å². The summed E-state index contributed by atoms with van der Waals surface area (Å²) in [5.41, 5.74) is 2.70. The van der Waals surface area contributed by atoms with Gasteiger partial charge in [-0.1, -0.05) is 37.6 Å². The standard InChI is InChI=1S/C26H30FNO5/c1-2-5-23-21(15-12-17-10-13-19(27)14-11-17)24(29)22(25(30)33-23)9-4-7-18-6-3-8-20(16-18)28-26(31)32/h3,6,8,10-11,13-14,16,21,23,28-29H,2,4-5,7,9,12,15H2,1H3,(H,31,32). The predicted octanol–water partition coefficient (Wildman–Crippen LogP) is 6.02. The fourth-order valence-electron chi connectivity index (χ4n) is 4.26. The first-order valence-corrected chi connectivity index (χ1v) is 11.3. The molecule has 1 aliphatic heterocycles. The Morgan fingerprint density at radius 2 is 1.82 bits per heavy atom. The summed E-state index contributed by atoms with van der Waals surface area (Å²) in [4.78, 5) is 23.4. The second kappa shape index (κ2) is 11.5. The summed E-state index contributed by atoms with van der Waals surface area (Å²) in [7, 11) is 0. The lowest BCUT2D eigenvalue weighted by Crippen LogP contribution is -2.35. The van der Waals surface area contributed by atoms with Crippen molar-refractivity contribution in [3.05, 3.63) is 76.8 Å². The number of hydrogen-bond donors (Lipinski definition) is 3. The number of aryl methyl sites for hydroxylation is 2. The van der Waals surface area contributed by atoms with E-state index in [2.05, 4.69) is 5.32 Å². The van der Waals surface area contributed by atoms with Gasteiger partial charge in [-0.25, -0.2) is 14.0 Å². The number of amides is 1. The fourth-order valence-corrected chi connectivity index (χ4v) is 4.26. The van der Waals surface area contributed by atoms with Crippen molar-refractivity contribution in [2.75, 3.05) is 5.32 Å². The van der Waals surface area contributed by atoms with E-state index in [1.807, 2.05) is 13.0 Å². The molecule has 2 aromatic rings. The molecule has 0 spiro atoms. The first-order valence-electron chi connectivity index (χ1n) is 11.3. The zero-order valence-corrected chi connectivity index (χ0v) is 18.7. The molecular formula is C26H30FNO5. The Morgan fingerprint density at radius 3 is 2.52 bits per heavy atom. The van der Waals surface area contributed by atoms with Crippen molar-refractivity contribution in [1.29, 1.82) is 0 Å². The molecule has 0 radical (unpaired) electrons. The van der Waals surface area contributed by atoms with Crippen LogP contribution in [-0.2, 0) is 22.4 Å². The van der Waals surface area contributed by atoms with Crippen LogP contribution in [-0.4, -0.2) is 28.4 Å². The van der Waals surface area contributed by atoms with Crippen LogP contribution < -0.4 is 5.32 Å². The van der Waals surface area contributed by atoms with Crippen molar-refractivity contribution in [3.63, 3.8) is 0 Å². The van der Waals surface area contributed by atoms with E-state index in [-0.39, 0.29) is 23.6 Å². The van der Waals surface area contributed by atoms with Crippen molar-refractivity contribution in [2.24, 2.45) is 5.92 Å². The summed E-state index contributed by atoms with van der Waals surface area (Å²) >= 11 is 0. The third-order valence-electron chi connectivity index (χ3n) is 5.91. The molecule has 176 valence electrons. The highest BCUT2D eigenvalue weighted by atomic mass is 19.1. The topological polar surface area (TPSA) is 95.9 Å². The van der Waals surface area contributed by atoms with E-state index >= 15 is 0 Å². The van der Waals surface area contributed by atoms with Gasteiger partial charge in [0.1, 0.15) is 17.7 Å². The first kappa shape index (κ1) is 24.3. The summed E-state index contributed by atoms with van der Waals surface area (Å²) < 4.78 is 18.9. The summed E-state index contributed by atoms with van der Waals surface area (Å²) in [6.45, 7) is 2.01. The molecule has 1 amide bonds. The highest BCUT2D eigenvalue weighted by Gasteiger charge is 2.36. The van der Waals surface area contributed by atoms with Crippen LogP contribution in [0, 0.1) is 11.7 Å². The zero-order chi connectivity index (χ0) is 23.8. The van der Waals surface area contributed by atoms with Crippen molar-refractivity contribution in [2.45, 2.75) is 58.0 Å². The van der Waals surface area contributed by atoms with Gasteiger partial charge in [-0.3, -0.25) is 5.32 Å². The normalized spacial score (nSPS) is 18.2. The summed E-state index contributed by atoms with van der Waals surface area (Å²) in [5.74, 6) is -0.937. The monoisotopic (exact) mass is 455 g/mol. The number of carbonyl (C=O) groups is 2. The summed E-state index contributed by atoms with van der Waals surface area (Å²) in [5, 5.41) is 22.2. The number of aliphatic hydroxyl groups is 1. The summed E-state index contributed by atoms with van der Waals surface area (Å²) in [6.07, 6.45) is 2.84. The molecule has 3 rings (SSSR count). The average molecular weight is 456 g/mol. The molecule has 0 aliphatic carbocycles. The molecular weight excluding hydrogens is 425 g/mol. The first-order chi connectivity index (χ1) is 15.9. The van der Waals surface area contributed by atoms with E-state index < -0.39 is 12.1 Å². The van der Waals surface area contributed by atoms with Gasteiger partial charge in [0, 0.05) is 5.69 Å². The maximum atomic E-state index is 13.2. The third kappa shape index (κ3) is 6.81. The van der Waals surface area contributed by atoms with Crippen LogP contribution in [0.25, 0.3) is 0 Å². The lowest BCUT2D eigenvalue weighted by molar-refractivity contribution is -0.151. The van der Waals surface area contributed by atoms with Gasteiger partial charge in [-0.15, -0.1) is 0 Å². The minimum absolute atomic E-state index is 0.105. The third-order valence-corrected chi connectivity index (χ3v) is 5.91. The lowest BCUT2D eigenvalue weighted by atomic mass is 9.85. The number of carboxylic acid groups (broad SMARTS) is 1. The van der Waals surface area contributed by atoms with Crippen molar-refractivity contribution in [3.8, 4) is 0 Å². The largest absolute Gasteiger partial charge is 0.511 e. The van der Waals surface area contributed by atoms with Crippen LogP contribution in [0.2, 0.25) is 0 Å². The number of anilines is 1. The van der Waals surface area contributed by atoms with Crippen LogP contribution in [0.15, 0.2) is 59.9 Å². The quantitative estimate of drug-likeness (QED) is 0.381. The van der Waals surface area contributed by atoms with Gasteiger partial charge in [0.2, 0.25) is 0 Å². The summed E-state index contributed by atoms with van der Waals surface area (Å²) in [6, 6.07) is 13.4. The minimum atomic E-state index is -1.12. The Labute approximate surface area is 193 Å². The second-order valence-electron chi connectivity index (χ2n) is 8.35. The zero-order valence-electron chi connectivity index (χ0n) is 18.7. The smallest absolute Gasteiger partial charge is 0.409 e. The molecule has 0 saturated carbocycles. The Bertz CT molecular complexity index is 1000. The van der Waals surface area contributed by atoms with Gasteiger partial charge in [0.25, 0.3) is 0 Å². The minimum Gasteiger partial charge on any atom is -0.511 e. The number of carbonyl (C=O) groups excluding carboxylic acids is 1. The molecule has 7 heteroatoms. The Kier molecular flexibility index (Phi) is 8.46. The Balaban J connectivity index is 1.67. The fraction of sp³-hybridized carbons (Fsp3) is 0.385. The van der Waals surface area contributed by atoms with Crippen LogP contribution in [0.4, 0.5) is 14.9 Å². The Hall–Kier alpha value is -3.35. The molecule has 0 saturated heterocycles. The SMILES string of the molecule is CCCC1OC(=O)C(CCCc2cccc(NC(=O)O)c2)=C(O)C1CCc1ccc(F)cc1. The van der Waals surface area contributed by atoms with Crippen LogP contribution >= 0.6 is 0 Å². The van der Waals surface area contributed by atoms with Gasteiger partial charge in [-0.05, 0) is 73.9 Å². The highest BCUT2D eigenvalue weighted by molar-refractivity contribution is 5.90. The van der Waals surface area contributed by atoms with Gasteiger partial charge in [0.15, 0.2) is 0 Å². The Morgan fingerprint density at radius 1 is 1.06 bits per heavy atom. The van der Waals surface area contributed by atoms with Crippen LogP contribution in [0.3, 0.4) is 0 Å². The molecule has 1 aliphatic rings. The molecule has 2 atom stereocenters. The van der Waals surface area contributed by atoms with E-state index in [0.717, 1.165) is 17.5 Å².